The maximum absolute atomic E-state index is 8.74. The highest BCUT2D eigenvalue weighted by Gasteiger charge is 2.00. The summed E-state index contributed by atoms with van der Waals surface area (Å²) >= 11 is 0. The maximum Gasteiger partial charge on any atom is 0.120 e. The molecule has 3 nitrogen and oxygen atoms in total. The summed E-state index contributed by atoms with van der Waals surface area (Å²) < 4.78 is 11.1. The molecule has 1 aromatic rings. The zero-order valence-corrected chi connectivity index (χ0v) is 10.5. The van der Waals surface area contributed by atoms with E-state index < -0.39 is 0 Å². The second kappa shape index (κ2) is 7.70. The number of nitriles is 1. The highest BCUT2D eigenvalue weighted by molar-refractivity contribution is 5.36. The highest BCUT2D eigenvalue weighted by atomic mass is 16.5. The van der Waals surface area contributed by atoms with E-state index in [2.05, 4.69) is 19.9 Å². The third kappa shape index (κ3) is 5.37. The van der Waals surface area contributed by atoms with Gasteiger partial charge in [-0.05, 0) is 31.5 Å². The van der Waals surface area contributed by atoms with E-state index in [1.807, 2.05) is 12.1 Å². The molecular formula is C14H19NO2. The standard InChI is InChI=1S/C14H19NO2/c1-3-5-12(2)16-8-9-17-14-7-4-6-13(10-14)11-15/h4,6-7,10,12H,3,5,8-9H2,1-2H3. The van der Waals surface area contributed by atoms with E-state index in [1.54, 1.807) is 12.1 Å². The van der Waals surface area contributed by atoms with Crippen molar-refractivity contribution in [2.24, 2.45) is 0 Å². The van der Waals surface area contributed by atoms with Crippen molar-refractivity contribution < 1.29 is 9.47 Å². The van der Waals surface area contributed by atoms with Gasteiger partial charge in [0, 0.05) is 0 Å². The molecule has 0 fully saturated rings. The largest absolute Gasteiger partial charge is 0.491 e. The van der Waals surface area contributed by atoms with Gasteiger partial charge in [0.05, 0.1) is 24.3 Å². The third-order valence-electron chi connectivity index (χ3n) is 2.41. The number of nitrogens with zero attached hydrogens (tertiary/aromatic N) is 1. The highest BCUT2D eigenvalue weighted by Crippen LogP contribution is 2.12. The molecule has 1 atom stereocenters. The van der Waals surface area contributed by atoms with Crippen molar-refractivity contribution in [1.29, 1.82) is 5.26 Å². The molecule has 0 radical (unpaired) electrons. The normalized spacial score (nSPS) is 11.8. The van der Waals surface area contributed by atoms with Crippen molar-refractivity contribution in [1.82, 2.24) is 0 Å². The first-order valence-corrected chi connectivity index (χ1v) is 6.00. The van der Waals surface area contributed by atoms with Gasteiger partial charge < -0.3 is 9.47 Å². The summed E-state index contributed by atoms with van der Waals surface area (Å²) in [5.74, 6) is 0.718. The Bertz CT molecular complexity index is 371. The van der Waals surface area contributed by atoms with E-state index in [0.29, 0.717) is 18.8 Å². The molecule has 1 unspecified atom stereocenters. The molecular weight excluding hydrogens is 214 g/mol. The Morgan fingerprint density at radius 2 is 2.18 bits per heavy atom. The zero-order valence-electron chi connectivity index (χ0n) is 10.5. The van der Waals surface area contributed by atoms with Gasteiger partial charge in [-0.2, -0.15) is 5.26 Å². The third-order valence-corrected chi connectivity index (χ3v) is 2.41. The van der Waals surface area contributed by atoms with Crippen LogP contribution in [0.2, 0.25) is 0 Å². The second-order valence-corrected chi connectivity index (χ2v) is 3.96. The van der Waals surface area contributed by atoms with E-state index in [-0.39, 0.29) is 6.10 Å². The lowest BCUT2D eigenvalue weighted by Crippen LogP contribution is -2.13. The van der Waals surface area contributed by atoms with Crippen LogP contribution in [0.4, 0.5) is 0 Å². The molecule has 17 heavy (non-hydrogen) atoms. The van der Waals surface area contributed by atoms with Crippen LogP contribution in [0.3, 0.4) is 0 Å². The van der Waals surface area contributed by atoms with E-state index in [4.69, 9.17) is 14.7 Å². The van der Waals surface area contributed by atoms with Crippen molar-refractivity contribution in [3.8, 4) is 11.8 Å². The predicted octanol–water partition coefficient (Wildman–Crippen LogP) is 3.14. The van der Waals surface area contributed by atoms with Crippen molar-refractivity contribution in [2.75, 3.05) is 13.2 Å². The van der Waals surface area contributed by atoms with Crippen LogP contribution in [0, 0.1) is 11.3 Å². The van der Waals surface area contributed by atoms with Gasteiger partial charge in [0.25, 0.3) is 0 Å². The fraction of sp³-hybridized carbons (Fsp3) is 0.500. The number of hydrogen-bond donors (Lipinski definition) is 0. The summed E-state index contributed by atoms with van der Waals surface area (Å²) in [5, 5.41) is 8.74. The molecule has 0 aliphatic heterocycles. The minimum Gasteiger partial charge on any atom is -0.491 e. The minimum absolute atomic E-state index is 0.286. The lowest BCUT2D eigenvalue weighted by atomic mass is 10.2. The van der Waals surface area contributed by atoms with E-state index in [1.165, 1.54) is 0 Å². The molecule has 3 heteroatoms. The van der Waals surface area contributed by atoms with Crippen molar-refractivity contribution >= 4 is 0 Å². The number of benzene rings is 1. The lowest BCUT2D eigenvalue weighted by molar-refractivity contribution is 0.0395. The number of hydrogen-bond acceptors (Lipinski definition) is 3. The second-order valence-electron chi connectivity index (χ2n) is 3.96. The van der Waals surface area contributed by atoms with Crippen LogP contribution in [0.25, 0.3) is 0 Å². The Hall–Kier alpha value is -1.53. The molecule has 0 N–H and O–H groups in total. The molecule has 0 amide bonds. The smallest absolute Gasteiger partial charge is 0.120 e. The van der Waals surface area contributed by atoms with Crippen LogP contribution in [-0.2, 0) is 4.74 Å². The Morgan fingerprint density at radius 1 is 1.35 bits per heavy atom. The number of ether oxygens (including phenoxy) is 2. The molecule has 0 aromatic heterocycles. The number of rotatable bonds is 7. The van der Waals surface area contributed by atoms with E-state index >= 15 is 0 Å². The van der Waals surface area contributed by atoms with Crippen LogP contribution in [-0.4, -0.2) is 19.3 Å². The summed E-state index contributed by atoms with van der Waals surface area (Å²) in [6.07, 6.45) is 2.49. The molecule has 0 aliphatic rings. The van der Waals surface area contributed by atoms with Crippen LogP contribution in [0.5, 0.6) is 5.75 Å². The Kier molecular flexibility index (Phi) is 6.13. The van der Waals surface area contributed by atoms with Gasteiger partial charge in [-0.25, -0.2) is 0 Å². The van der Waals surface area contributed by atoms with Gasteiger partial charge in [-0.3, -0.25) is 0 Å². The fourth-order valence-electron chi connectivity index (χ4n) is 1.55. The summed E-state index contributed by atoms with van der Waals surface area (Å²) in [6, 6.07) is 9.23. The zero-order chi connectivity index (χ0) is 12.5. The van der Waals surface area contributed by atoms with Gasteiger partial charge in [0.2, 0.25) is 0 Å². The van der Waals surface area contributed by atoms with Gasteiger partial charge in [-0.1, -0.05) is 19.4 Å². The Morgan fingerprint density at radius 3 is 2.88 bits per heavy atom. The van der Waals surface area contributed by atoms with Gasteiger partial charge in [-0.15, -0.1) is 0 Å². The molecule has 1 aromatic carbocycles. The fourth-order valence-corrected chi connectivity index (χ4v) is 1.55. The summed E-state index contributed by atoms with van der Waals surface area (Å²) in [4.78, 5) is 0. The lowest BCUT2D eigenvalue weighted by Gasteiger charge is -2.12. The van der Waals surface area contributed by atoms with Crippen LogP contribution < -0.4 is 4.74 Å². The van der Waals surface area contributed by atoms with Crippen molar-refractivity contribution in [3.63, 3.8) is 0 Å². The van der Waals surface area contributed by atoms with E-state index in [0.717, 1.165) is 18.6 Å². The molecule has 0 saturated heterocycles. The van der Waals surface area contributed by atoms with E-state index in [9.17, 15) is 0 Å². The molecule has 0 aliphatic carbocycles. The Balaban J connectivity index is 2.24. The average molecular weight is 233 g/mol. The Labute approximate surface area is 103 Å². The van der Waals surface area contributed by atoms with Gasteiger partial charge in [0.1, 0.15) is 12.4 Å². The van der Waals surface area contributed by atoms with Gasteiger partial charge in [0.15, 0.2) is 0 Å². The van der Waals surface area contributed by atoms with Gasteiger partial charge >= 0.3 is 0 Å². The van der Waals surface area contributed by atoms with Crippen molar-refractivity contribution in [2.45, 2.75) is 32.8 Å². The topological polar surface area (TPSA) is 42.2 Å². The summed E-state index contributed by atoms with van der Waals surface area (Å²) in [7, 11) is 0. The summed E-state index contributed by atoms with van der Waals surface area (Å²) in [5.41, 5.74) is 0.614. The van der Waals surface area contributed by atoms with Crippen LogP contribution >= 0.6 is 0 Å². The van der Waals surface area contributed by atoms with Crippen molar-refractivity contribution in [3.05, 3.63) is 29.8 Å². The van der Waals surface area contributed by atoms with Crippen LogP contribution in [0.15, 0.2) is 24.3 Å². The maximum atomic E-state index is 8.74. The molecule has 0 spiro atoms. The monoisotopic (exact) mass is 233 g/mol. The summed E-state index contributed by atoms with van der Waals surface area (Å²) in [6.45, 7) is 5.31. The SMILES string of the molecule is CCCC(C)OCCOc1cccc(C#N)c1. The first-order valence-electron chi connectivity index (χ1n) is 6.00. The molecule has 0 bridgehead atoms. The quantitative estimate of drug-likeness (QED) is 0.679. The molecule has 0 saturated carbocycles. The first kappa shape index (κ1) is 13.5. The minimum atomic E-state index is 0.286. The average Bonchev–Trinajstić information content (AvgIpc) is 2.35. The molecule has 0 heterocycles. The first-order chi connectivity index (χ1) is 8.26. The molecule has 92 valence electrons. The predicted molar refractivity (Wildman–Crippen MR) is 67.0 cm³/mol. The molecule has 1 rings (SSSR count). The van der Waals surface area contributed by atoms with Crippen LogP contribution in [0.1, 0.15) is 32.3 Å².